The maximum Gasteiger partial charge on any atom is -0.00263 e. The Kier molecular flexibility index (Phi) is 7.14. The third-order valence-electron chi connectivity index (χ3n) is 10.4. The molecule has 0 unspecified atom stereocenters. The molecular weight excluding hydrogens is 601 g/mol. The number of hydrogen-bond acceptors (Lipinski definition) is 0. The first-order chi connectivity index (χ1) is 24.5. The molecule has 0 aliphatic carbocycles. The smallest absolute Gasteiger partial charge is 0.00263 e. The van der Waals surface area contributed by atoms with Crippen molar-refractivity contribution in [1.82, 2.24) is 0 Å². The van der Waals surface area contributed by atoms with Crippen LogP contribution in [0.5, 0.6) is 0 Å². The molecule has 238 valence electrons. The first-order valence-corrected chi connectivity index (χ1v) is 17.6. The van der Waals surface area contributed by atoms with Crippen LogP contribution in [0.2, 0.25) is 0 Å². The van der Waals surface area contributed by atoms with Gasteiger partial charge in [0.1, 0.15) is 0 Å². The van der Waals surface area contributed by atoms with Crippen molar-refractivity contribution in [3.63, 3.8) is 0 Å². The monoisotopic (exact) mass is 638 g/mol. The van der Waals surface area contributed by atoms with Crippen LogP contribution in [-0.2, 0) is 5.41 Å². The van der Waals surface area contributed by atoms with Gasteiger partial charge in [0.15, 0.2) is 0 Å². The van der Waals surface area contributed by atoms with Crippen LogP contribution in [0.3, 0.4) is 0 Å². The number of benzene rings is 9. The molecule has 0 N–H and O–H groups in total. The Labute approximate surface area is 294 Å². The van der Waals surface area contributed by atoms with Crippen LogP contribution in [0, 0.1) is 0 Å². The van der Waals surface area contributed by atoms with E-state index < -0.39 is 0 Å². The lowest BCUT2D eigenvalue weighted by molar-refractivity contribution is 0.590. The lowest BCUT2D eigenvalue weighted by Gasteiger charge is -2.22. The second-order valence-electron chi connectivity index (χ2n) is 14.5. The highest BCUT2D eigenvalue weighted by atomic mass is 14.2. The van der Waals surface area contributed by atoms with E-state index in [1.54, 1.807) is 0 Å². The van der Waals surface area contributed by atoms with E-state index in [0.717, 1.165) is 0 Å². The summed E-state index contributed by atoms with van der Waals surface area (Å²) in [7, 11) is 0. The van der Waals surface area contributed by atoms with Crippen molar-refractivity contribution in [2.45, 2.75) is 26.2 Å². The molecule has 0 fully saturated rings. The summed E-state index contributed by atoms with van der Waals surface area (Å²) >= 11 is 0. The van der Waals surface area contributed by atoms with E-state index in [1.807, 2.05) is 0 Å². The third kappa shape index (κ3) is 4.91. The van der Waals surface area contributed by atoms with Crippen molar-refractivity contribution < 1.29 is 0 Å². The van der Waals surface area contributed by atoms with E-state index in [9.17, 15) is 0 Å². The highest BCUT2D eigenvalue weighted by Gasteiger charge is 2.20. The molecule has 0 aliphatic rings. The Balaban J connectivity index is 1.26. The molecule has 0 bridgehead atoms. The van der Waals surface area contributed by atoms with Crippen LogP contribution >= 0.6 is 0 Å². The van der Waals surface area contributed by atoms with Gasteiger partial charge in [0.2, 0.25) is 0 Å². The van der Waals surface area contributed by atoms with Gasteiger partial charge in [0.25, 0.3) is 0 Å². The summed E-state index contributed by atoms with van der Waals surface area (Å²) in [6.45, 7) is 6.87. The highest BCUT2D eigenvalue weighted by Crippen LogP contribution is 2.46. The van der Waals surface area contributed by atoms with Gasteiger partial charge in [0, 0.05) is 0 Å². The van der Waals surface area contributed by atoms with Gasteiger partial charge in [-0.1, -0.05) is 197 Å². The van der Waals surface area contributed by atoms with Gasteiger partial charge in [0.05, 0.1) is 0 Å². The fourth-order valence-electron chi connectivity index (χ4n) is 8.05. The first kappa shape index (κ1) is 30.1. The summed E-state index contributed by atoms with van der Waals surface area (Å²) in [6.07, 6.45) is 0. The van der Waals surface area contributed by atoms with Crippen molar-refractivity contribution in [3.8, 4) is 44.5 Å². The van der Waals surface area contributed by atoms with Crippen molar-refractivity contribution in [1.29, 1.82) is 0 Å². The summed E-state index contributed by atoms with van der Waals surface area (Å²) in [5.74, 6) is 0. The quantitative estimate of drug-likeness (QED) is 0.168. The molecule has 9 aromatic rings. The van der Waals surface area contributed by atoms with Gasteiger partial charge >= 0.3 is 0 Å². The maximum atomic E-state index is 2.39. The molecule has 0 heterocycles. The molecule has 0 aromatic heterocycles. The average molecular weight is 639 g/mol. The molecular formula is C50H38. The molecule has 0 nitrogen and oxygen atoms in total. The molecule has 0 spiro atoms. The lowest BCUT2D eigenvalue weighted by atomic mass is 9.82. The molecule has 9 rings (SSSR count). The van der Waals surface area contributed by atoms with Gasteiger partial charge in [-0.25, -0.2) is 0 Å². The number of hydrogen-bond donors (Lipinski definition) is 0. The van der Waals surface area contributed by atoms with Gasteiger partial charge in [-0.3, -0.25) is 0 Å². The second kappa shape index (κ2) is 11.9. The van der Waals surface area contributed by atoms with Crippen LogP contribution in [0.1, 0.15) is 26.3 Å². The Bertz CT molecular complexity index is 2590. The minimum atomic E-state index is 0.0713. The molecule has 0 saturated carbocycles. The Hall–Kier alpha value is -5.98. The Morgan fingerprint density at radius 2 is 0.540 bits per heavy atom. The lowest BCUT2D eigenvalue weighted by Crippen LogP contribution is -2.10. The minimum Gasteiger partial charge on any atom is -0.0622 e. The zero-order valence-corrected chi connectivity index (χ0v) is 28.7. The molecule has 0 atom stereocenters. The molecule has 9 aromatic carbocycles. The highest BCUT2D eigenvalue weighted by molar-refractivity contribution is 6.23. The first-order valence-electron chi connectivity index (χ1n) is 17.6. The number of rotatable bonds is 4. The summed E-state index contributed by atoms with van der Waals surface area (Å²) in [6, 6.07) is 64.9. The van der Waals surface area contributed by atoms with Crippen LogP contribution in [0.15, 0.2) is 176 Å². The normalized spacial score (nSPS) is 11.9. The van der Waals surface area contributed by atoms with Gasteiger partial charge in [-0.2, -0.15) is 0 Å². The van der Waals surface area contributed by atoms with Gasteiger partial charge < -0.3 is 0 Å². The molecule has 0 aliphatic heterocycles. The minimum absolute atomic E-state index is 0.0713. The van der Waals surface area contributed by atoms with Gasteiger partial charge in [-0.15, -0.1) is 0 Å². The average Bonchev–Trinajstić information content (AvgIpc) is 3.16. The third-order valence-corrected chi connectivity index (χ3v) is 10.4. The van der Waals surface area contributed by atoms with Crippen molar-refractivity contribution in [3.05, 3.63) is 181 Å². The van der Waals surface area contributed by atoms with E-state index in [4.69, 9.17) is 0 Å². The van der Waals surface area contributed by atoms with E-state index in [1.165, 1.54) is 93.2 Å². The van der Waals surface area contributed by atoms with E-state index in [2.05, 4.69) is 197 Å². The largest absolute Gasteiger partial charge is 0.0622 e. The predicted octanol–water partition coefficient (Wildman–Crippen LogP) is 14.3. The molecule has 0 amide bonds. The summed E-state index contributed by atoms with van der Waals surface area (Å²) in [4.78, 5) is 0. The van der Waals surface area contributed by atoms with Crippen LogP contribution in [-0.4, -0.2) is 0 Å². The molecule has 0 heteroatoms. The van der Waals surface area contributed by atoms with E-state index in [-0.39, 0.29) is 5.41 Å². The van der Waals surface area contributed by atoms with Crippen molar-refractivity contribution in [2.75, 3.05) is 0 Å². The number of fused-ring (bicyclic) bond motifs is 4. The van der Waals surface area contributed by atoms with E-state index >= 15 is 0 Å². The SMILES string of the molecule is CC(C)(C)c1cccc(-c2c3ccccc3c(-c3ccc(-c4c5ccccc5c(-c5ccccc5)c5ccccc45)cc3)c3ccccc23)c1. The topological polar surface area (TPSA) is 0 Å². The zero-order valence-electron chi connectivity index (χ0n) is 28.7. The Morgan fingerprint density at radius 1 is 0.260 bits per heavy atom. The summed E-state index contributed by atoms with van der Waals surface area (Å²) in [5, 5.41) is 10.2. The van der Waals surface area contributed by atoms with Crippen LogP contribution in [0.4, 0.5) is 0 Å². The zero-order chi connectivity index (χ0) is 33.8. The summed E-state index contributed by atoms with van der Waals surface area (Å²) in [5.41, 5.74) is 11.6. The van der Waals surface area contributed by atoms with Crippen molar-refractivity contribution >= 4 is 43.1 Å². The van der Waals surface area contributed by atoms with E-state index in [0.29, 0.717) is 0 Å². The predicted molar refractivity (Wildman–Crippen MR) is 217 cm³/mol. The second-order valence-corrected chi connectivity index (χ2v) is 14.5. The van der Waals surface area contributed by atoms with Crippen LogP contribution in [0.25, 0.3) is 87.6 Å². The molecule has 0 saturated heterocycles. The fourth-order valence-corrected chi connectivity index (χ4v) is 8.05. The maximum absolute atomic E-state index is 2.39. The van der Waals surface area contributed by atoms with Crippen LogP contribution < -0.4 is 0 Å². The van der Waals surface area contributed by atoms with Crippen molar-refractivity contribution in [2.24, 2.45) is 0 Å². The molecule has 50 heavy (non-hydrogen) atoms. The summed E-state index contributed by atoms with van der Waals surface area (Å²) < 4.78 is 0. The van der Waals surface area contributed by atoms with Gasteiger partial charge in [-0.05, 0) is 98.6 Å². The fraction of sp³-hybridized carbons (Fsp3) is 0.0800. The standard InChI is InChI=1S/C50H38/c1-50(2,3)37-19-15-18-36(32-37)49-44-26-13-11-24-42(44)48(43-25-12-14-27-45(43)49)35-30-28-34(29-31-35)47-40-22-9-7-20-38(40)46(33-16-5-4-6-17-33)39-21-8-10-23-41(39)47/h4-32H,1-3H3. The Morgan fingerprint density at radius 3 is 0.880 bits per heavy atom. The molecule has 0 radical (unpaired) electrons.